The van der Waals surface area contributed by atoms with E-state index in [0.717, 1.165) is 44.7 Å². The molecule has 0 bridgehead atoms. The van der Waals surface area contributed by atoms with E-state index in [0.29, 0.717) is 43.6 Å². The monoisotopic (exact) mass is 432 g/mol. The first-order valence-electron chi connectivity index (χ1n) is 11.4. The van der Waals surface area contributed by atoms with Crippen LogP contribution in [0.15, 0.2) is 24.3 Å². The molecule has 2 saturated heterocycles. The van der Waals surface area contributed by atoms with Gasteiger partial charge in [0.05, 0.1) is 12.6 Å². The normalized spacial score (nSPS) is 29.5. The number of rotatable bonds is 6. The molecule has 1 saturated carbocycles. The lowest BCUT2D eigenvalue weighted by molar-refractivity contribution is -0.160. The first kappa shape index (κ1) is 22.2. The molecule has 0 spiro atoms. The maximum atomic E-state index is 13.1. The molecule has 1 aromatic carbocycles. The van der Waals surface area contributed by atoms with Gasteiger partial charge in [0.15, 0.2) is 0 Å². The molecule has 31 heavy (non-hydrogen) atoms. The summed E-state index contributed by atoms with van der Waals surface area (Å²) >= 11 is 0. The van der Waals surface area contributed by atoms with Gasteiger partial charge in [0.25, 0.3) is 0 Å². The maximum absolute atomic E-state index is 13.1. The molecule has 4 rings (SSSR count). The Morgan fingerprint density at radius 1 is 1.23 bits per heavy atom. The van der Waals surface area contributed by atoms with Crippen LogP contribution in [-0.2, 0) is 14.4 Å². The van der Waals surface area contributed by atoms with Crippen molar-refractivity contribution >= 4 is 17.4 Å². The average Bonchev–Trinajstić information content (AvgIpc) is 2.76. The van der Waals surface area contributed by atoms with Crippen molar-refractivity contribution in [2.45, 2.75) is 44.8 Å². The highest BCUT2D eigenvalue weighted by Gasteiger charge is 2.41. The van der Waals surface area contributed by atoms with Crippen molar-refractivity contribution < 1.29 is 18.8 Å². The molecule has 2 heterocycles. The number of piperazine rings is 1. The van der Waals surface area contributed by atoms with Crippen LogP contribution in [0.25, 0.3) is 0 Å². The van der Waals surface area contributed by atoms with Crippen molar-refractivity contribution in [2.24, 2.45) is 11.8 Å². The molecular formula is C23H33FN4O3. The third-order valence-electron chi connectivity index (χ3n) is 7.05. The SMILES string of the molecule is CC1C(CCNC(=O)CN2CCN(c3ccc(F)cc3)CC2)NOC2CC(=O)CCC21. The van der Waals surface area contributed by atoms with Gasteiger partial charge < -0.3 is 10.2 Å². The van der Waals surface area contributed by atoms with Crippen LogP contribution < -0.4 is 15.7 Å². The zero-order chi connectivity index (χ0) is 21.8. The van der Waals surface area contributed by atoms with Crippen LogP contribution in [0.3, 0.4) is 0 Å². The number of halogens is 1. The predicted molar refractivity (Wildman–Crippen MR) is 116 cm³/mol. The lowest BCUT2D eigenvalue weighted by Crippen LogP contribution is -2.54. The second kappa shape index (κ2) is 10.1. The Morgan fingerprint density at radius 2 is 1.97 bits per heavy atom. The number of amides is 1. The summed E-state index contributed by atoms with van der Waals surface area (Å²) in [7, 11) is 0. The zero-order valence-electron chi connectivity index (χ0n) is 18.2. The number of nitrogens with one attached hydrogen (secondary N) is 2. The van der Waals surface area contributed by atoms with Crippen LogP contribution >= 0.6 is 0 Å². The smallest absolute Gasteiger partial charge is 0.234 e. The van der Waals surface area contributed by atoms with Crippen LogP contribution in [-0.4, -0.2) is 68.0 Å². The Morgan fingerprint density at radius 3 is 2.71 bits per heavy atom. The van der Waals surface area contributed by atoms with Gasteiger partial charge in [0.1, 0.15) is 11.6 Å². The number of hydrogen-bond acceptors (Lipinski definition) is 6. The highest BCUT2D eigenvalue weighted by Crippen LogP contribution is 2.36. The third-order valence-corrected chi connectivity index (χ3v) is 7.05. The second-order valence-corrected chi connectivity index (χ2v) is 9.06. The average molecular weight is 433 g/mol. The molecule has 3 aliphatic rings. The fourth-order valence-electron chi connectivity index (χ4n) is 5.07. The summed E-state index contributed by atoms with van der Waals surface area (Å²) in [4.78, 5) is 34.2. The molecule has 4 unspecified atom stereocenters. The van der Waals surface area contributed by atoms with Gasteiger partial charge in [-0.3, -0.25) is 19.3 Å². The molecule has 2 aliphatic heterocycles. The Hall–Kier alpha value is -2.03. The molecule has 7 nitrogen and oxygen atoms in total. The van der Waals surface area contributed by atoms with E-state index in [2.05, 4.69) is 27.5 Å². The first-order valence-corrected chi connectivity index (χ1v) is 11.4. The van der Waals surface area contributed by atoms with E-state index in [1.165, 1.54) is 12.1 Å². The minimum absolute atomic E-state index is 0.00401. The summed E-state index contributed by atoms with van der Waals surface area (Å²) in [6, 6.07) is 6.75. The fraction of sp³-hybridized carbons (Fsp3) is 0.652. The molecule has 1 aliphatic carbocycles. The minimum atomic E-state index is -0.225. The van der Waals surface area contributed by atoms with Crippen LogP contribution in [0, 0.1) is 17.7 Å². The molecule has 1 amide bonds. The molecule has 170 valence electrons. The van der Waals surface area contributed by atoms with Crippen LogP contribution in [0.2, 0.25) is 0 Å². The number of hydroxylamine groups is 1. The number of ketones is 1. The van der Waals surface area contributed by atoms with E-state index in [1.54, 1.807) is 12.1 Å². The van der Waals surface area contributed by atoms with E-state index < -0.39 is 0 Å². The van der Waals surface area contributed by atoms with Gasteiger partial charge in [0, 0.05) is 57.3 Å². The molecule has 0 aromatic heterocycles. The molecule has 3 fully saturated rings. The van der Waals surface area contributed by atoms with Gasteiger partial charge in [-0.1, -0.05) is 6.92 Å². The summed E-state index contributed by atoms with van der Waals surface area (Å²) < 4.78 is 13.1. The minimum Gasteiger partial charge on any atom is -0.369 e. The number of hydrogen-bond donors (Lipinski definition) is 2. The highest BCUT2D eigenvalue weighted by atomic mass is 19.1. The molecular weight excluding hydrogens is 399 g/mol. The van der Waals surface area contributed by atoms with Gasteiger partial charge in [-0.25, -0.2) is 4.39 Å². The molecule has 2 N–H and O–H groups in total. The van der Waals surface area contributed by atoms with Crippen molar-refractivity contribution in [1.29, 1.82) is 0 Å². The van der Waals surface area contributed by atoms with Crippen molar-refractivity contribution in [3.63, 3.8) is 0 Å². The maximum Gasteiger partial charge on any atom is 0.234 e. The molecule has 8 heteroatoms. The number of fused-ring (bicyclic) bond motifs is 1. The van der Waals surface area contributed by atoms with Gasteiger partial charge >= 0.3 is 0 Å². The van der Waals surface area contributed by atoms with E-state index in [1.807, 2.05) is 0 Å². The number of Topliss-reactive ketones (excluding diaryl/α,β-unsaturated/α-hetero) is 1. The number of benzene rings is 1. The summed E-state index contributed by atoms with van der Waals surface area (Å²) in [6.07, 6.45) is 2.88. The topological polar surface area (TPSA) is 73.9 Å². The number of carbonyl (C=O) groups is 2. The third kappa shape index (κ3) is 5.61. The Bertz CT molecular complexity index is 767. The van der Waals surface area contributed by atoms with Crippen LogP contribution in [0.1, 0.15) is 32.6 Å². The highest BCUT2D eigenvalue weighted by molar-refractivity contribution is 5.79. The zero-order valence-corrected chi connectivity index (χ0v) is 18.2. The van der Waals surface area contributed by atoms with E-state index in [-0.39, 0.29) is 23.9 Å². The molecule has 4 atom stereocenters. The Labute approximate surface area is 183 Å². The quantitative estimate of drug-likeness (QED) is 0.713. The summed E-state index contributed by atoms with van der Waals surface area (Å²) in [6.45, 7) is 6.49. The molecule has 1 aromatic rings. The summed E-state index contributed by atoms with van der Waals surface area (Å²) in [5.41, 5.74) is 4.14. The van der Waals surface area contributed by atoms with Crippen molar-refractivity contribution in [3.8, 4) is 0 Å². The lowest BCUT2D eigenvalue weighted by Gasteiger charge is -2.43. The summed E-state index contributed by atoms with van der Waals surface area (Å²) in [5, 5.41) is 3.04. The number of nitrogens with zero attached hydrogens (tertiary/aromatic N) is 2. The number of carbonyl (C=O) groups excluding carboxylic acids is 2. The van der Waals surface area contributed by atoms with Crippen molar-refractivity contribution in [1.82, 2.24) is 15.7 Å². The van der Waals surface area contributed by atoms with Crippen LogP contribution in [0.5, 0.6) is 0 Å². The van der Waals surface area contributed by atoms with E-state index in [9.17, 15) is 14.0 Å². The second-order valence-electron chi connectivity index (χ2n) is 9.06. The van der Waals surface area contributed by atoms with Crippen molar-refractivity contribution in [2.75, 3.05) is 44.2 Å². The predicted octanol–water partition coefficient (Wildman–Crippen LogP) is 1.73. The van der Waals surface area contributed by atoms with Gasteiger partial charge in [-0.15, -0.1) is 0 Å². The lowest BCUT2D eigenvalue weighted by atomic mass is 9.74. The van der Waals surface area contributed by atoms with Gasteiger partial charge in [-0.2, -0.15) is 5.48 Å². The van der Waals surface area contributed by atoms with E-state index >= 15 is 0 Å². The standard InChI is InChI=1S/C23H33FN4O3/c1-16-20-7-6-19(29)14-22(20)31-26-21(16)8-9-25-23(30)15-27-10-12-28(13-11-27)18-4-2-17(24)3-5-18/h2-5,16,20-22,26H,6-15H2,1H3,(H,25,30). The van der Waals surface area contributed by atoms with Gasteiger partial charge in [-0.05, 0) is 48.9 Å². The Kier molecular flexibility index (Phi) is 7.20. The largest absolute Gasteiger partial charge is 0.369 e. The summed E-state index contributed by atoms with van der Waals surface area (Å²) in [5.74, 6) is 0.942. The van der Waals surface area contributed by atoms with Crippen LogP contribution in [0.4, 0.5) is 10.1 Å². The Balaban J connectivity index is 1.14. The fourth-order valence-corrected chi connectivity index (χ4v) is 5.07. The van der Waals surface area contributed by atoms with Gasteiger partial charge in [0.2, 0.25) is 5.91 Å². The number of anilines is 1. The van der Waals surface area contributed by atoms with E-state index in [4.69, 9.17) is 4.84 Å². The molecule has 0 radical (unpaired) electrons. The first-order chi connectivity index (χ1) is 15.0. The van der Waals surface area contributed by atoms with Crippen molar-refractivity contribution in [3.05, 3.63) is 30.1 Å².